The number of nitrogens with two attached hydrogens (primary N) is 1. The number of rotatable bonds is 3. The molecule has 2 aromatic carbocycles. The maximum absolute atomic E-state index is 6.07. The fraction of sp³-hybridized carbons (Fsp3) is 0.294. The van der Waals surface area contributed by atoms with Crippen LogP contribution in [0.2, 0.25) is 0 Å². The molecule has 0 atom stereocenters. The Kier molecular flexibility index (Phi) is 4.00. The third-order valence-electron chi connectivity index (χ3n) is 3.69. The number of hydrogen-bond donors (Lipinski definition) is 1. The molecule has 3 rings (SSSR count). The van der Waals surface area contributed by atoms with Crippen molar-refractivity contribution in [2.24, 2.45) is 0 Å². The first-order chi connectivity index (χ1) is 9.84. The smallest absolute Gasteiger partial charge is 0.0594 e. The number of benzene rings is 2. The third kappa shape index (κ3) is 2.84. The van der Waals surface area contributed by atoms with E-state index in [-0.39, 0.29) is 0 Å². The largest absolute Gasteiger partial charge is 0.398 e. The molecule has 0 saturated carbocycles. The highest BCUT2D eigenvalue weighted by Crippen LogP contribution is 2.29. The highest BCUT2D eigenvalue weighted by molar-refractivity contribution is 5.78. The number of morpholine rings is 1. The molecule has 1 aliphatic rings. The Morgan fingerprint density at radius 1 is 1.05 bits per heavy atom. The van der Waals surface area contributed by atoms with Crippen LogP contribution < -0.4 is 5.73 Å². The van der Waals surface area contributed by atoms with E-state index in [4.69, 9.17) is 10.5 Å². The van der Waals surface area contributed by atoms with Crippen LogP contribution in [0.1, 0.15) is 5.56 Å². The molecular formula is C17H19N2O. The molecule has 0 unspecified atom stereocenters. The second-order valence-corrected chi connectivity index (χ2v) is 5.04. The molecule has 1 heterocycles. The van der Waals surface area contributed by atoms with Gasteiger partial charge in [0.1, 0.15) is 0 Å². The summed E-state index contributed by atoms with van der Waals surface area (Å²) >= 11 is 0. The molecule has 0 aliphatic carbocycles. The van der Waals surface area contributed by atoms with E-state index < -0.39 is 0 Å². The van der Waals surface area contributed by atoms with Crippen molar-refractivity contribution < 1.29 is 4.74 Å². The van der Waals surface area contributed by atoms with Crippen molar-refractivity contribution in [1.29, 1.82) is 0 Å². The number of nitrogen functional groups attached to an aromatic ring is 1. The lowest BCUT2D eigenvalue weighted by atomic mass is 9.98. The number of anilines is 1. The molecule has 3 nitrogen and oxygen atoms in total. The number of hydrogen-bond acceptors (Lipinski definition) is 3. The average molecular weight is 267 g/mol. The third-order valence-corrected chi connectivity index (χ3v) is 3.69. The Labute approximate surface area is 120 Å². The molecule has 1 radical (unpaired) electrons. The van der Waals surface area contributed by atoms with Gasteiger partial charge in [0.25, 0.3) is 0 Å². The van der Waals surface area contributed by atoms with E-state index in [1.165, 1.54) is 11.1 Å². The minimum absolute atomic E-state index is 0.710. The first-order valence-electron chi connectivity index (χ1n) is 6.99. The quantitative estimate of drug-likeness (QED) is 0.869. The van der Waals surface area contributed by atoms with E-state index in [1.807, 2.05) is 12.1 Å². The van der Waals surface area contributed by atoms with Crippen molar-refractivity contribution >= 4 is 5.69 Å². The normalized spacial score (nSPS) is 16.2. The van der Waals surface area contributed by atoms with Gasteiger partial charge in [-0.25, -0.2) is 0 Å². The molecule has 1 saturated heterocycles. The van der Waals surface area contributed by atoms with Crippen molar-refractivity contribution in [3.8, 4) is 11.1 Å². The second-order valence-electron chi connectivity index (χ2n) is 5.04. The zero-order valence-electron chi connectivity index (χ0n) is 11.5. The summed E-state index contributed by atoms with van der Waals surface area (Å²) in [5.74, 6) is 0. The molecule has 0 amide bonds. The first-order valence-corrected chi connectivity index (χ1v) is 6.99. The standard InChI is InChI=1S/C17H19N2O/c18-17-8-4-3-7-16(17)15-6-2-1-5-14(15)13-19-9-11-20-12-10-19/h1-7H,9-13,18H2. The predicted octanol–water partition coefficient (Wildman–Crippen LogP) is 2.57. The summed E-state index contributed by atoms with van der Waals surface area (Å²) in [5, 5.41) is 0. The van der Waals surface area contributed by atoms with E-state index in [2.05, 4.69) is 41.3 Å². The molecule has 103 valence electrons. The Hall–Kier alpha value is -1.84. The summed E-state index contributed by atoms with van der Waals surface area (Å²) in [5.41, 5.74) is 10.4. The van der Waals surface area contributed by atoms with Gasteiger partial charge < -0.3 is 10.5 Å². The minimum Gasteiger partial charge on any atom is -0.398 e. The summed E-state index contributed by atoms with van der Waals surface area (Å²) in [6.07, 6.45) is 0. The van der Waals surface area contributed by atoms with Gasteiger partial charge in [-0.1, -0.05) is 42.5 Å². The molecule has 2 N–H and O–H groups in total. The number of nitrogens with zero attached hydrogens (tertiary/aromatic N) is 1. The maximum atomic E-state index is 6.07. The fourth-order valence-electron chi connectivity index (χ4n) is 2.61. The number of para-hydroxylation sites is 1. The zero-order chi connectivity index (χ0) is 13.8. The van der Waals surface area contributed by atoms with Crippen LogP contribution in [0.25, 0.3) is 11.1 Å². The molecule has 0 aromatic heterocycles. The maximum Gasteiger partial charge on any atom is 0.0594 e. The van der Waals surface area contributed by atoms with Gasteiger partial charge in [-0.05, 0) is 11.1 Å². The van der Waals surface area contributed by atoms with Gasteiger partial charge in [0.05, 0.1) is 13.2 Å². The topological polar surface area (TPSA) is 38.5 Å². The Morgan fingerprint density at radius 3 is 2.60 bits per heavy atom. The highest BCUT2D eigenvalue weighted by Gasteiger charge is 2.14. The lowest BCUT2D eigenvalue weighted by molar-refractivity contribution is 0.0342. The van der Waals surface area contributed by atoms with Gasteiger partial charge in [0.2, 0.25) is 0 Å². The Balaban J connectivity index is 1.90. The van der Waals surface area contributed by atoms with E-state index >= 15 is 0 Å². The fourth-order valence-corrected chi connectivity index (χ4v) is 2.61. The van der Waals surface area contributed by atoms with Crippen LogP contribution in [0.15, 0.2) is 42.5 Å². The zero-order valence-corrected chi connectivity index (χ0v) is 11.5. The molecular weight excluding hydrogens is 248 g/mol. The molecule has 0 bridgehead atoms. The summed E-state index contributed by atoms with van der Waals surface area (Å²) in [4.78, 5) is 2.42. The van der Waals surface area contributed by atoms with Crippen molar-refractivity contribution in [1.82, 2.24) is 4.90 Å². The molecule has 20 heavy (non-hydrogen) atoms. The SMILES string of the molecule is Nc1[c]cccc1-c1ccccc1CN1CCOCC1. The van der Waals surface area contributed by atoms with Crippen molar-refractivity contribution in [3.63, 3.8) is 0 Å². The summed E-state index contributed by atoms with van der Waals surface area (Å²) in [6.45, 7) is 4.57. The van der Waals surface area contributed by atoms with Crippen LogP contribution in [-0.2, 0) is 11.3 Å². The van der Waals surface area contributed by atoms with Crippen LogP contribution in [0, 0.1) is 6.07 Å². The molecule has 3 heteroatoms. The van der Waals surface area contributed by atoms with Crippen LogP contribution in [0.5, 0.6) is 0 Å². The Bertz CT molecular complexity index is 577. The van der Waals surface area contributed by atoms with Crippen molar-refractivity contribution in [2.75, 3.05) is 32.0 Å². The lowest BCUT2D eigenvalue weighted by Gasteiger charge is -2.27. The van der Waals surface area contributed by atoms with Crippen LogP contribution in [0.4, 0.5) is 5.69 Å². The summed E-state index contributed by atoms with van der Waals surface area (Å²) in [7, 11) is 0. The minimum atomic E-state index is 0.710. The van der Waals surface area contributed by atoms with Crippen molar-refractivity contribution in [2.45, 2.75) is 6.54 Å². The van der Waals surface area contributed by atoms with Crippen LogP contribution in [-0.4, -0.2) is 31.2 Å². The average Bonchev–Trinajstić information content (AvgIpc) is 2.50. The predicted molar refractivity (Wildman–Crippen MR) is 81.2 cm³/mol. The number of ether oxygens (including phenoxy) is 1. The summed E-state index contributed by atoms with van der Waals surface area (Å²) < 4.78 is 5.40. The van der Waals surface area contributed by atoms with E-state index in [0.717, 1.165) is 38.4 Å². The van der Waals surface area contributed by atoms with Gasteiger partial charge in [-0.2, -0.15) is 0 Å². The molecule has 0 spiro atoms. The van der Waals surface area contributed by atoms with Gasteiger partial charge in [-0.3, -0.25) is 4.90 Å². The second kappa shape index (κ2) is 6.07. The highest BCUT2D eigenvalue weighted by atomic mass is 16.5. The van der Waals surface area contributed by atoms with E-state index in [1.54, 1.807) is 0 Å². The van der Waals surface area contributed by atoms with Crippen LogP contribution in [0.3, 0.4) is 0 Å². The van der Waals surface area contributed by atoms with Crippen LogP contribution >= 0.6 is 0 Å². The lowest BCUT2D eigenvalue weighted by Crippen LogP contribution is -2.35. The van der Waals surface area contributed by atoms with E-state index in [0.29, 0.717) is 5.69 Å². The monoisotopic (exact) mass is 267 g/mol. The summed E-state index contributed by atoms with van der Waals surface area (Å²) in [6, 6.07) is 17.4. The molecule has 1 fully saturated rings. The molecule has 2 aromatic rings. The molecule has 1 aliphatic heterocycles. The van der Waals surface area contributed by atoms with Gasteiger partial charge >= 0.3 is 0 Å². The van der Waals surface area contributed by atoms with Gasteiger partial charge in [-0.15, -0.1) is 0 Å². The van der Waals surface area contributed by atoms with E-state index in [9.17, 15) is 0 Å². The van der Waals surface area contributed by atoms with Crippen molar-refractivity contribution in [3.05, 3.63) is 54.1 Å². The van der Waals surface area contributed by atoms with Gasteiger partial charge in [0, 0.05) is 37.0 Å². The van der Waals surface area contributed by atoms with Gasteiger partial charge in [0.15, 0.2) is 0 Å². The Morgan fingerprint density at radius 2 is 1.80 bits per heavy atom. The first kappa shape index (κ1) is 13.2.